The first kappa shape index (κ1) is 28.5. The second-order valence-electron chi connectivity index (χ2n) is 8.58. The Kier molecular flexibility index (Phi) is 11.1. The molecule has 13 nitrogen and oxygen atoms in total. The van der Waals surface area contributed by atoms with Crippen LogP contribution in [0.2, 0.25) is 0 Å². The van der Waals surface area contributed by atoms with Gasteiger partial charge < -0.3 is 42.9 Å². The van der Waals surface area contributed by atoms with Gasteiger partial charge in [0.2, 0.25) is 17.7 Å². The van der Waals surface area contributed by atoms with Crippen LogP contribution < -0.4 is 27.8 Å². The molecule has 0 spiro atoms. The maximum atomic E-state index is 12.9. The first-order valence-electron chi connectivity index (χ1n) is 11.7. The molecule has 0 bridgehead atoms. The fraction of sp³-hybridized carbons (Fsp3) is 0.522. The molecular weight excluding hydrogens is 470 g/mol. The van der Waals surface area contributed by atoms with Crippen LogP contribution in [-0.4, -0.2) is 88.6 Å². The molecule has 1 aromatic carbocycles. The molecule has 1 aliphatic rings. The highest BCUT2D eigenvalue weighted by molar-refractivity contribution is 5.94. The van der Waals surface area contributed by atoms with Crippen molar-refractivity contribution in [2.24, 2.45) is 22.2 Å². The summed E-state index contributed by atoms with van der Waals surface area (Å²) in [6, 6.07) is 4.38. The van der Waals surface area contributed by atoms with E-state index in [0.717, 1.165) is 0 Å². The van der Waals surface area contributed by atoms with E-state index in [-0.39, 0.29) is 12.4 Å². The van der Waals surface area contributed by atoms with Crippen molar-refractivity contribution in [3.63, 3.8) is 0 Å². The smallest absolute Gasteiger partial charge is 0.326 e. The number of nitrogens with two attached hydrogens (primary N) is 3. The largest absolute Gasteiger partial charge is 0.480 e. The van der Waals surface area contributed by atoms with E-state index >= 15 is 0 Å². The van der Waals surface area contributed by atoms with Crippen molar-refractivity contribution in [2.75, 3.05) is 19.7 Å². The van der Waals surface area contributed by atoms with Crippen LogP contribution >= 0.6 is 0 Å². The Labute approximate surface area is 209 Å². The molecule has 36 heavy (non-hydrogen) atoms. The molecule has 0 saturated carbocycles. The highest BCUT2D eigenvalue weighted by atomic mass is 16.4. The Morgan fingerprint density at radius 1 is 1.11 bits per heavy atom. The molecule has 0 aliphatic carbocycles. The zero-order valence-electron chi connectivity index (χ0n) is 20.0. The number of carbonyl (C=O) groups is 4. The number of likely N-dealkylation sites (tertiary alicyclic amines) is 1. The topological polar surface area (TPSA) is 226 Å². The second kappa shape index (κ2) is 14.0. The van der Waals surface area contributed by atoms with E-state index in [0.29, 0.717) is 44.3 Å². The summed E-state index contributed by atoms with van der Waals surface area (Å²) >= 11 is 0. The van der Waals surface area contributed by atoms with E-state index in [9.17, 15) is 29.4 Å². The van der Waals surface area contributed by atoms with Crippen LogP contribution in [0.25, 0.3) is 0 Å². The van der Waals surface area contributed by atoms with Crippen molar-refractivity contribution in [2.45, 2.75) is 56.3 Å². The number of hydrogen-bond acceptors (Lipinski definition) is 7. The number of rotatable bonds is 13. The molecule has 0 radical (unpaired) electrons. The Balaban J connectivity index is 1.96. The molecule has 10 N–H and O–H groups in total. The lowest BCUT2D eigenvalue weighted by Crippen LogP contribution is -2.57. The predicted molar refractivity (Wildman–Crippen MR) is 131 cm³/mol. The number of hydrogen-bond donors (Lipinski definition) is 7. The fourth-order valence-corrected chi connectivity index (χ4v) is 3.94. The molecule has 1 fully saturated rings. The quantitative estimate of drug-likeness (QED) is 0.0863. The van der Waals surface area contributed by atoms with E-state index in [4.69, 9.17) is 17.2 Å². The number of carboxylic acids is 1. The lowest BCUT2D eigenvalue weighted by atomic mass is 10.1. The number of nitrogens with zero attached hydrogens (tertiary/aromatic N) is 2. The van der Waals surface area contributed by atoms with Gasteiger partial charge in [-0.3, -0.25) is 19.4 Å². The molecule has 4 unspecified atom stereocenters. The number of benzene rings is 1. The average molecular weight is 506 g/mol. The minimum atomic E-state index is -1.39. The van der Waals surface area contributed by atoms with Crippen molar-refractivity contribution in [3.05, 3.63) is 35.9 Å². The summed E-state index contributed by atoms with van der Waals surface area (Å²) in [5, 5.41) is 24.0. The van der Waals surface area contributed by atoms with Gasteiger partial charge in [-0.05, 0) is 31.2 Å². The van der Waals surface area contributed by atoms with E-state index in [1.165, 1.54) is 4.90 Å². The SMILES string of the molecule is NC(N)=NCCCC(N)C(=O)N1CCCC1C(=O)NC(CO)C(=O)NC(Cc1ccccc1)C(=O)O. The first-order chi connectivity index (χ1) is 17.1. The molecule has 3 amide bonds. The van der Waals surface area contributed by atoms with Gasteiger partial charge in [0.25, 0.3) is 0 Å². The molecule has 13 heteroatoms. The third-order valence-corrected chi connectivity index (χ3v) is 5.84. The number of nitrogens with one attached hydrogen (secondary N) is 2. The van der Waals surface area contributed by atoms with Crippen LogP contribution in [0.15, 0.2) is 35.3 Å². The van der Waals surface area contributed by atoms with E-state index < -0.39 is 54.5 Å². The fourth-order valence-electron chi connectivity index (χ4n) is 3.94. The summed E-state index contributed by atoms with van der Waals surface area (Å²) in [4.78, 5) is 55.2. The Morgan fingerprint density at radius 3 is 2.42 bits per heavy atom. The number of aliphatic hydroxyl groups is 1. The van der Waals surface area contributed by atoms with Gasteiger partial charge in [-0.15, -0.1) is 0 Å². The summed E-state index contributed by atoms with van der Waals surface area (Å²) in [6.45, 7) is -0.102. The average Bonchev–Trinajstić information content (AvgIpc) is 3.34. The van der Waals surface area contributed by atoms with Gasteiger partial charge in [-0.25, -0.2) is 4.79 Å². The summed E-state index contributed by atoms with van der Waals surface area (Å²) in [5.41, 5.74) is 17.2. The number of aliphatic imine (C=N–C) groups is 1. The predicted octanol–water partition coefficient (Wildman–Crippen LogP) is -2.35. The number of aliphatic carboxylic acids is 1. The first-order valence-corrected chi connectivity index (χ1v) is 11.7. The number of guanidine groups is 1. The van der Waals surface area contributed by atoms with Crippen LogP contribution in [-0.2, 0) is 25.6 Å². The van der Waals surface area contributed by atoms with Crippen LogP contribution in [0, 0.1) is 0 Å². The highest BCUT2D eigenvalue weighted by Gasteiger charge is 2.37. The van der Waals surface area contributed by atoms with Gasteiger partial charge in [0.15, 0.2) is 5.96 Å². The molecule has 1 aliphatic heterocycles. The molecule has 2 rings (SSSR count). The zero-order valence-corrected chi connectivity index (χ0v) is 20.0. The normalized spacial score (nSPS) is 17.5. The second-order valence-corrected chi connectivity index (χ2v) is 8.58. The standard InChI is InChI=1S/C23H35N7O6/c24-15(8-4-10-27-23(25)26)21(34)30-11-5-9-18(30)20(33)29-17(13-31)19(32)28-16(22(35)36)12-14-6-2-1-3-7-14/h1-3,6-7,15-18,31H,4-5,8-13,24H2,(H,28,32)(H,29,33)(H,35,36)(H4,25,26,27). The van der Waals surface area contributed by atoms with Gasteiger partial charge in [0.05, 0.1) is 12.6 Å². The van der Waals surface area contributed by atoms with Crippen molar-refractivity contribution in [1.29, 1.82) is 0 Å². The summed E-state index contributed by atoms with van der Waals surface area (Å²) in [5.74, 6) is -3.18. The van der Waals surface area contributed by atoms with Crippen molar-refractivity contribution in [3.8, 4) is 0 Å². The van der Waals surface area contributed by atoms with E-state index in [1.54, 1.807) is 30.3 Å². The maximum absolute atomic E-state index is 12.9. The third-order valence-electron chi connectivity index (χ3n) is 5.84. The molecular formula is C23H35N7O6. The number of aliphatic hydroxyl groups excluding tert-OH is 1. The Hall–Kier alpha value is -3.71. The molecule has 198 valence electrons. The number of carboxylic acid groups (broad SMARTS) is 1. The summed E-state index contributed by atoms with van der Waals surface area (Å²) in [7, 11) is 0. The van der Waals surface area contributed by atoms with Gasteiger partial charge in [-0.2, -0.15) is 0 Å². The third kappa shape index (κ3) is 8.50. The monoisotopic (exact) mass is 505 g/mol. The lowest BCUT2D eigenvalue weighted by molar-refractivity contribution is -0.143. The lowest BCUT2D eigenvalue weighted by Gasteiger charge is -2.28. The number of carbonyl (C=O) groups excluding carboxylic acids is 3. The number of amides is 3. The van der Waals surface area contributed by atoms with E-state index in [1.807, 2.05) is 0 Å². The maximum Gasteiger partial charge on any atom is 0.326 e. The van der Waals surface area contributed by atoms with E-state index in [2.05, 4.69) is 15.6 Å². The summed E-state index contributed by atoms with van der Waals surface area (Å²) in [6.07, 6.45) is 1.76. The van der Waals surface area contributed by atoms with Crippen molar-refractivity contribution in [1.82, 2.24) is 15.5 Å². The summed E-state index contributed by atoms with van der Waals surface area (Å²) < 4.78 is 0. The Bertz CT molecular complexity index is 938. The van der Waals surface area contributed by atoms with Crippen LogP contribution in [0.5, 0.6) is 0 Å². The van der Waals surface area contributed by atoms with Gasteiger partial charge in [-0.1, -0.05) is 30.3 Å². The minimum Gasteiger partial charge on any atom is -0.480 e. The molecule has 1 saturated heterocycles. The van der Waals surface area contributed by atoms with Crippen molar-refractivity contribution < 1.29 is 29.4 Å². The van der Waals surface area contributed by atoms with Gasteiger partial charge >= 0.3 is 5.97 Å². The Morgan fingerprint density at radius 2 is 1.81 bits per heavy atom. The van der Waals surface area contributed by atoms with Crippen LogP contribution in [0.4, 0.5) is 0 Å². The van der Waals surface area contributed by atoms with Gasteiger partial charge in [0.1, 0.15) is 18.1 Å². The van der Waals surface area contributed by atoms with Crippen LogP contribution in [0.3, 0.4) is 0 Å². The van der Waals surface area contributed by atoms with Crippen LogP contribution in [0.1, 0.15) is 31.2 Å². The zero-order chi connectivity index (χ0) is 26.7. The van der Waals surface area contributed by atoms with Gasteiger partial charge in [0, 0.05) is 19.5 Å². The molecule has 1 heterocycles. The highest BCUT2D eigenvalue weighted by Crippen LogP contribution is 2.19. The molecule has 4 atom stereocenters. The molecule has 0 aromatic heterocycles. The minimum absolute atomic E-state index is 0.0278. The van der Waals surface area contributed by atoms with Crippen molar-refractivity contribution >= 4 is 29.7 Å². The molecule has 1 aromatic rings.